The molecule has 0 aliphatic heterocycles. The lowest BCUT2D eigenvalue weighted by atomic mass is 10.4. The van der Waals surface area contributed by atoms with Gasteiger partial charge in [-0.3, -0.25) is 0 Å². The Morgan fingerprint density at radius 1 is 1.06 bits per heavy atom. The van der Waals surface area contributed by atoms with Crippen molar-refractivity contribution in [3.63, 3.8) is 0 Å². The van der Waals surface area contributed by atoms with E-state index in [1.165, 1.54) is 12.1 Å². The molecule has 0 heterocycles. The van der Waals surface area contributed by atoms with E-state index in [0.29, 0.717) is 0 Å². The van der Waals surface area contributed by atoms with Crippen LogP contribution in [-0.2, 0) is 24.7 Å². The molecule has 1 aromatic carbocycles. The van der Waals surface area contributed by atoms with Crippen LogP contribution in [0.5, 0.6) is 0 Å². The van der Waals surface area contributed by atoms with E-state index in [-0.39, 0.29) is 0 Å². The van der Waals surface area contributed by atoms with Crippen LogP contribution in [0, 0.1) is 0 Å². The molecule has 0 fully saturated rings. The molecule has 0 amide bonds. The maximum absolute atomic E-state index is 11.4. The van der Waals surface area contributed by atoms with Crippen LogP contribution >= 0.6 is 0 Å². The normalized spacial score (nSPS) is 11.8. The Balaban J connectivity index is 3.67. The van der Waals surface area contributed by atoms with Crippen LogP contribution in [-0.4, -0.2) is 29.2 Å². The van der Waals surface area contributed by atoms with E-state index >= 15 is 0 Å². The topological polar surface area (TPSA) is 97.7 Å². The standard InChI is InChI=1S/C8H7NO5S2/c1-15(11,12)7-4-2-3-5-8(7)16(13,14)9-6-10/h2-5H,1H3. The zero-order valence-electron chi connectivity index (χ0n) is 8.11. The highest BCUT2D eigenvalue weighted by atomic mass is 32.2. The number of carbonyl (C=O) groups excluding carboxylic acids is 1. The molecule has 0 aliphatic rings. The van der Waals surface area contributed by atoms with Crippen LogP contribution in [0.4, 0.5) is 0 Å². The fourth-order valence-corrected chi connectivity index (χ4v) is 3.37. The van der Waals surface area contributed by atoms with E-state index in [0.717, 1.165) is 24.5 Å². The van der Waals surface area contributed by atoms with Gasteiger partial charge < -0.3 is 0 Å². The van der Waals surface area contributed by atoms with Gasteiger partial charge in [-0.15, -0.1) is 0 Å². The van der Waals surface area contributed by atoms with E-state index in [4.69, 9.17) is 0 Å². The number of hydrogen-bond donors (Lipinski definition) is 0. The molecule has 0 bridgehead atoms. The molecule has 16 heavy (non-hydrogen) atoms. The van der Waals surface area contributed by atoms with E-state index in [2.05, 4.69) is 4.40 Å². The Bertz CT molecular complexity index is 653. The first-order valence-corrected chi connectivity index (χ1v) is 7.25. The van der Waals surface area contributed by atoms with Gasteiger partial charge in [0, 0.05) is 6.26 Å². The molecule has 0 aromatic heterocycles. The maximum atomic E-state index is 11.4. The van der Waals surface area contributed by atoms with Gasteiger partial charge in [-0.25, -0.2) is 13.2 Å². The van der Waals surface area contributed by atoms with Crippen molar-refractivity contribution in [2.45, 2.75) is 9.79 Å². The maximum Gasteiger partial charge on any atom is 0.293 e. The predicted octanol–water partition coefficient (Wildman–Crippen LogP) is 0.115. The summed E-state index contributed by atoms with van der Waals surface area (Å²) in [4.78, 5) is 9.01. The Morgan fingerprint density at radius 3 is 2.00 bits per heavy atom. The van der Waals surface area contributed by atoms with Crippen molar-refractivity contribution in [2.75, 3.05) is 6.26 Å². The highest BCUT2D eigenvalue weighted by molar-refractivity contribution is 7.93. The quantitative estimate of drug-likeness (QED) is 0.568. The minimum atomic E-state index is -4.30. The summed E-state index contributed by atoms with van der Waals surface area (Å²) < 4.78 is 48.0. The third kappa shape index (κ3) is 2.54. The van der Waals surface area contributed by atoms with Crippen molar-refractivity contribution in [3.8, 4) is 0 Å². The Kier molecular flexibility index (Phi) is 3.27. The molecular formula is C8H7NO5S2. The van der Waals surface area contributed by atoms with Crippen LogP contribution in [0.3, 0.4) is 0 Å². The monoisotopic (exact) mass is 261 g/mol. The van der Waals surface area contributed by atoms with Crippen molar-refractivity contribution >= 4 is 25.9 Å². The Labute approximate surface area is 92.6 Å². The fraction of sp³-hybridized carbons (Fsp3) is 0.125. The molecule has 0 unspecified atom stereocenters. The number of isocyanates is 1. The molecule has 0 atom stereocenters. The third-order valence-electron chi connectivity index (χ3n) is 1.68. The number of nitrogens with zero attached hydrogens (tertiary/aromatic N) is 1. The SMILES string of the molecule is CS(=O)(=O)c1ccccc1S(=O)(=O)N=C=O. The molecule has 0 spiro atoms. The van der Waals surface area contributed by atoms with E-state index < -0.39 is 29.7 Å². The number of rotatable bonds is 3. The second-order valence-electron chi connectivity index (χ2n) is 2.88. The molecule has 0 saturated heterocycles. The highest BCUT2D eigenvalue weighted by Gasteiger charge is 2.22. The Morgan fingerprint density at radius 2 is 1.56 bits per heavy atom. The van der Waals surface area contributed by atoms with E-state index in [1.807, 2.05) is 0 Å². The molecule has 0 aliphatic carbocycles. The predicted molar refractivity (Wildman–Crippen MR) is 54.9 cm³/mol. The Hall–Kier alpha value is -1.50. The first-order chi connectivity index (χ1) is 7.29. The van der Waals surface area contributed by atoms with Crippen molar-refractivity contribution < 1.29 is 21.6 Å². The molecule has 6 nitrogen and oxygen atoms in total. The lowest BCUT2D eigenvalue weighted by molar-refractivity contribution is 0.562. The average molecular weight is 261 g/mol. The minimum absolute atomic E-state index is 0.394. The van der Waals surface area contributed by atoms with Gasteiger partial charge in [0.25, 0.3) is 16.1 Å². The lowest BCUT2D eigenvalue weighted by Gasteiger charge is -2.03. The van der Waals surface area contributed by atoms with Crippen LogP contribution in [0.25, 0.3) is 0 Å². The van der Waals surface area contributed by atoms with Crippen molar-refractivity contribution in [1.29, 1.82) is 0 Å². The van der Waals surface area contributed by atoms with Crippen molar-refractivity contribution in [3.05, 3.63) is 24.3 Å². The van der Waals surface area contributed by atoms with Crippen LogP contribution in [0.15, 0.2) is 38.5 Å². The van der Waals surface area contributed by atoms with Crippen LogP contribution in [0.2, 0.25) is 0 Å². The lowest BCUT2D eigenvalue weighted by Crippen LogP contribution is -2.06. The van der Waals surface area contributed by atoms with E-state index in [9.17, 15) is 21.6 Å². The minimum Gasteiger partial charge on any atom is -0.224 e. The number of hydrogen-bond acceptors (Lipinski definition) is 5. The van der Waals surface area contributed by atoms with Gasteiger partial charge in [-0.1, -0.05) is 16.5 Å². The van der Waals surface area contributed by atoms with E-state index in [1.54, 1.807) is 0 Å². The van der Waals surface area contributed by atoms with Crippen LogP contribution in [0.1, 0.15) is 0 Å². The van der Waals surface area contributed by atoms with Gasteiger partial charge in [-0.2, -0.15) is 8.42 Å². The van der Waals surface area contributed by atoms with Gasteiger partial charge in [0.05, 0.1) is 4.90 Å². The summed E-state index contributed by atoms with van der Waals surface area (Å²) in [6, 6.07) is 4.90. The fourth-order valence-electron chi connectivity index (χ4n) is 1.07. The van der Waals surface area contributed by atoms with Gasteiger partial charge in [0.15, 0.2) is 9.84 Å². The highest BCUT2D eigenvalue weighted by Crippen LogP contribution is 2.21. The summed E-state index contributed by atoms with van der Waals surface area (Å²) in [7, 11) is -8.01. The first-order valence-electron chi connectivity index (χ1n) is 3.92. The summed E-state index contributed by atoms with van der Waals surface area (Å²) in [5.41, 5.74) is 0. The summed E-state index contributed by atoms with van der Waals surface area (Å²) >= 11 is 0. The smallest absolute Gasteiger partial charge is 0.224 e. The summed E-state index contributed by atoms with van der Waals surface area (Å²) in [6.07, 6.45) is 1.74. The van der Waals surface area contributed by atoms with Crippen molar-refractivity contribution in [2.24, 2.45) is 4.40 Å². The van der Waals surface area contributed by atoms with Gasteiger partial charge in [0.2, 0.25) is 0 Å². The molecular weight excluding hydrogens is 254 g/mol. The van der Waals surface area contributed by atoms with Crippen molar-refractivity contribution in [1.82, 2.24) is 0 Å². The zero-order valence-corrected chi connectivity index (χ0v) is 9.75. The first kappa shape index (κ1) is 12.6. The van der Waals surface area contributed by atoms with Gasteiger partial charge in [-0.05, 0) is 12.1 Å². The average Bonchev–Trinajstić information content (AvgIpc) is 2.16. The second-order valence-corrected chi connectivity index (χ2v) is 6.43. The molecule has 0 radical (unpaired) electrons. The molecule has 8 heteroatoms. The molecule has 86 valence electrons. The molecule has 0 saturated carbocycles. The third-order valence-corrected chi connectivity index (χ3v) is 4.19. The second kappa shape index (κ2) is 4.17. The molecule has 0 N–H and O–H groups in total. The number of benzene rings is 1. The van der Waals surface area contributed by atoms with Gasteiger partial charge >= 0.3 is 0 Å². The van der Waals surface area contributed by atoms with Crippen LogP contribution < -0.4 is 0 Å². The number of sulfone groups is 1. The van der Waals surface area contributed by atoms with Gasteiger partial charge in [0.1, 0.15) is 4.90 Å². The summed E-state index contributed by atoms with van der Waals surface area (Å²) in [5, 5.41) is 0. The largest absolute Gasteiger partial charge is 0.293 e. The zero-order chi connectivity index (χ0) is 12.4. The molecule has 1 rings (SSSR count). The summed E-state index contributed by atoms with van der Waals surface area (Å²) in [5.74, 6) is 0. The molecule has 1 aromatic rings. The number of sulfonamides is 1. The summed E-state index contributed by atoms with van der Waals surface area (Å²) in [6.45, 7) is 0.